The van der Waals surface area contributed by atoms with Crippen molar-refractivity contribution < 1.29 is 23.4 Å². The predicted molar refractivity (Wildman–Crippen MR) is 115 cm³/mol. The van der Waals surface area contributed by atoms with E-state index in [1.165, 1.54) is 12.7 Å². The smallest absolute Gasteiger partial charge is 0.344 e. The van der Waals surface area contributed by atoms with Crippen molar-refractivity contribution >= 4 is 32.9 Å². The van der Waals surface area contributed by atoms with Gasteiger partial charge in [0.2, 0.25) is 11.2 Å². The Balaban J connectivity index is 1.43. The van der Waals surface area contributed by atoms with Crippen molar-refractivity contribution in [2.45, 2.75) is 38.2 Å². The average molecular weight is 473 g/mol. The van der Waals surface area contributed by atoms with E-state index >= 15 is 0 Å². The normalized spacial score (nSPS) is 14.4. The van der Waals surface area contributed by atoms with E-state index in [4.69, 9.17) is 18.6 Å². The van der Waals surface area contributed by atoms with Crippen molar-refractivity contribution in [1.82, 2.24) is 0 Å². The first-order valence-electron chi connectivity index (χ1n) is 9.90. The molecule has 1 heterocycles. The van der Waals surface area contributed by atoms with Gasteiger partial charge in [0.25, 0.3) is 0 Å². The van der Waals surface area contributed by atoms with E-state index in [1.54, 1.807) is 24.3 Å². The SMILES string of the molecule is O=C(COc1ccc2c(=O)c(Oc3ccccc3Br)coc2c1)OC1CCCCC1. The maximum atomic E-state index is 12.7. The van der Waals surface area contributed by atoms with Crippen LogP contribution < -0.4 is 14.9 Å². The molecule has 1 aromatic heterocycles. The Bertz CT molecular complexity index is 1100. The van der Waals surface area contributed by atoms with Crippen LogP contribution in [0.3, 0.4) is 0 Å². The molecule has 0 atom stereocenters. The summed E-state index contributed by atoms with van der Waals surface area (Å²) in [5.41, 5.74) is 0.0490. The molecule has 0 radical (unpaired) electrons. The molecule has 0 unspecified atom stereocenters. The lowest BCUT2D eigenvalue weighted by atomic mass is 9.98. The minimum atomic E-state index is -0.388. The monoisotopic (exact) mass is 472 g/mol. The number of carbonyl (C=O) groups excluding carboxylic acids is 1. The quantitative estimate of drug-likeness (QED) is 0.434. The van der Waals surface area contributed by atoms with Gasteiger partial charge in [0, 0.05) is 6.07 Å². The number of carbonyl (C=O) groups is 1. The van der Waals surface area contributed by atoms with E-state index < -0.39 is 0 Å². The molecule has 0 saturated heterocycles. The maximum Gasteiger partial charge on any atom is 0.344 e. The van der Waals surface area contributed by atoms with Crippen LogP contribution in [0.1, 0.15) is 32.1 Å². The maximum absolute atomic E-state index is 12.7. The first-order chi connectivity index (χ1) is 14.6. The molecule has 7 heteroatoms. The highest BCUT2D eigenvalue weighted by Gasteiger charge is 2.18. The van der Waals surface area contributed by atoms with Crippen LogP contribution >= 0.6 is 15.9 Å². The highest BCUT2D eigenvalue weighted by molar-refractivity contribution is 9.10. The van der Waals surface area contributed by atoms with Gasteiger partial charge in [-0.05, 0) is 65.9 Å². The lowest BCUT2D eigenvalue weighted by Gasteiger charge is -2.21. The minimum Gasteiger partial charge on any atom is -0.482 e. The molecule has 0 amide bonds. The summed E-state index contributed by atoms with van der Waals surface area (Å²) >= 11 is 3.39. The number of halogens is 1. The van der Waals surface area contributed by atoms with Gasteiger partial charge in [0.1, 0.15) is 29.4 Å². The van der Waals surface area contributed by atoms with E-state index in [-0.39, 0.29) is 29.9 Å². The van der Waals surface area contributed by atoms with E-state index in [2.05, 4.69) is 15.9 Å². The lowest BCUT2D eigenvalue weighted by Crippen LogP contribution is -2.24. The molecule has 30 heavy (non-hydrogen) atoms. The molecule has 1 aliphatic carbocycles. The predicted octanol–water partition coefficient (Wildman–Crippen LogP) is 5.60. The second-order valence-electron chi connectivity index (χ2n) is 7.16. The number of para-hydroxylation sites is 1. The summed E-state index contributed by atoms with van der Waals surface area (Å²) in [6, 6.07) is 12.0. The Morgan fingerprint density at radius 1 is 1.07 bits per heavy atom. The third-order valence-electron chi connectivity index (χ3n) is 4.98. The molecule has 2 aromatic carbocycles. The molecule has 1 fully saturated rings. The summed E-state index contributed by atoms with van der Waals surface area (Å²) in [5.74, 6) is 0.631. The standard InChI is InChI=1S/C23H21BrO6/c24-18-8-4-5-9-19(18)30-21-13-28-20-12-16(10-11-17(20)23(21)26)27-14-22(25)29-15-6-2-1-3-7-15/h4-5,8-13,15H,1-3,6-7,14H2. The van der Waals surface area contributed by atoms with Gasteiger partial charge in [0.15, 0.2) is 6.61 Å². The highest BCUT2D eigenvalue weighted by atomic mass is 79.9. The van der Waals surface area contributed by atoms with Gasteiger partial charge in [-0.25, -0.2) is 4.79 Å². The largest absolute Gasteiger partial charge is 0.482 e. The second-order valence-corrected chi connectivity index (χ2v) is 8.01. The Morgan fingerprint density at radius 3 is 2.67 bits per heavy atom. The van der Waals surface area contributed by atoms with Crippen molar-refractivity contribution in [3.05, 3.63) is 63.4 Å². The molecular formula is C23H21BrO6. The minimum absolute atomic E-state index is 0.00690. The topological polar surface area (TPSA) is 75.0 Å². The van der Waals surface area contributed by atoms with Crippen molar-refractivity contribution in [2.75, 3.05) is 6.61 Å². The average Bonchev–Trinajstić information content (AvgIpc) is 2.76. The number of esters is 1. The van der Waals surface area contributed by atoms with E-state index in [0.717, 1.165) is 30.2 Å². The molecule has 0 N–H and O–H groups in total. The summed E-state index contributed by atoms with van der Waals surface area (Å²) in [4.78, 5) is 24.7. The molecule has 1 aliphatic rings. The van der Waals surface area contributed by atoms with Crippen LogP contribution in [0.4, 0.5) is 0 Å². The third kappa shape index (κ3) is 4.84. The Kier molecular flexibility index (Phi) is 6.38. The lowest BCUT2D eigenvalue weighted by molar-refractivity contribution is -0.152. The molecule has 4 rings (SSSR count). The first kappa shape index (κ1) is 20.5. The van der Waals surface area contributed by atoms with Crippen LogP contribution in [0.2, 0.25) is 0 Å². The number of fused-ring (bicyclic) bond motifs is 1. The van der Waals surface area contributed by atoms with Gasteiger partial charge in [0.05, 0.1) is 9.86 Å². The number of hydrogen-bond donors (Lipinski definition) is 0. The fourth-order valence-corrected chi connectivity index (χ4v) is 3.81. The van der Waals surface area contributed by atoms with Crippen molar-refractivity contribution in [1.29, 1.82) is 0 Å². The number of benzene rings is 2. The summed E-state index contributed by atoms with van der Waals surface area (Å²) in [6.07, 6.45) is 6.47. The molecular weight excluding hydrogens is 452 g/mol. The fraction of sp³-hybridized carbons (Fsp3) is 0.304. The van der Waals surface area contributed by atoms with Crippen LogP contribution in [-0.2, 0) is 9.53 Å². The molecule has 156 valence electrons. The summed E-state index contributed by atoms with van der Waals surface area (Å²) < 4.78 is 23.0. The van der Waals surface area contributed by atoms with Crippen LogP contribution in [-0.4, -0.2) is 18.7 Å². The summed E-state index contributed by atoms with van der Waals surface area (Å²) in [7, 11) is 0. The molecule has 6 nitrogen and oxygen atoms in total. The van der Waals surface area contributed by atoms with Crippen molar-refractivity contribution in [3.63, 3.8) is 0 Å². The Labute approximate surface area is 181 Å². The summed E-state index contributed by atoms with van der Waals surface area (Å²) in [5, 5.41) is 0.358. The van der Waals surface area contributed by atoms with E-state index in [1.807, 2.05) is 18.2 Å². The van der Waals surface area contributed by atoms with Crippen LogP contribution in [0.15, 0.2) is 62.4 Å². The van der Waals surface area contributed by atoms with Crippen LogP contribution in [0, 0.1) is 0 Å². The van der Waals surface area contributed by atoms with E-state index in [0.29, 0.717) is 22.5 Å². The molecule has 0 aliphatic heterocycles. The van der Waals surface area contributed by atoms with Gasteiger partial charge in [-0.2, -0.15) is 0 Å². The van der Waals surface area contributed by atoms with Gasteiger partial charge in [-0.15, -0.1) is 0 Å². The second kappa shape index (κ2) is 9.34. The molecule has 3 aromatic rings. The van der Waals surface area contributed by atoms with Gasteiger partial charge in [-0.3, -0.25) is 4.79 Å². The zero-order valence-electron chi connectivity index (χ0n) is 16.3. The van der Waals surface area contributed by atoms with E-state index in [9.17, 15) is 9.59 Å². The third-order valence-corrected chi connectivity index (χ3v) is 5.63. The molecule has 1 saturated carbocycles. The molecule has 0 bridgehead atoms. The zero-order chi connectivity index (χ0) is 20.9. The van der Waals surface area contributed by atoms with Crippen molar-refractivity contribution in [3.8, 4) is 17.2 Å². The van der Waals surface area contributed by atoms with Crippen LogP contribution in [0.25, 0.3) is 11.0 Å². The van der Waals surface area contributed by atoms with Gasteiger partial charge in [-0.1, -0.05) is 18.6 Å². The number of hydrogen-bond acceptors (Lipinski definition) is 6. The summed E-state index contributed by atoms with van der Waals surface area (Å²) in [6.45, 7) is -0.185. The Hall–Kier alpha value is -2.80. The highest BCUT2D eigenvalue weighted by Crippen LogP contribution is 2.29. The van der Waals surface area contributed by atoms with Gasteiger partial charge < -0.3 is 18.6 Å². The Morgan fingerprint density at radius 2 is 1.87 bits per heavy atom. The first-order valence-corrected chi connectivity index (χ1v) is 10.7. The zero-order valence-corrected chi connectivity index (χ0v) is 17.9. The number of rotatable bonds is 6. The van der Waals surface area contributed by atoms with Crippen LogP contribution in [0.5, 0.6) is 17.2 Å². The fourth-order valence-electron chi connectivity index (χ4n) is 3.44. The molecule has 0 spiro atoms. The van der Waals surface area contributed by atoms with Crippen molar-refractivity contribution in [2.24, 2.45) is 0 Å². The number of ether oxygens (including phenoxy) is 3. The van der Waals surface area contributed by atoms with Gasteiger partial charge >= 0.3 is 5.97 Å².